The largest absolute Gasteiger partial charge is 0.441 e. The van der Waals surface area contributed by atoms with Crippen molar-refractivity contribution in [1.29, 1.82) is 0 Å². The number of carbonyl (C=O) groups excluding carboxylic acids is 1. The van der Waals surface area contributed by atoms with Gasteiger partial charge in [0.2, 0.25) is 5.91 Å². The van der Waals surface area contributed by atoms with E-state index in [1.165, 1.54) is 0 Å². The number of benzene rings is 1. The van der Waals surface area contributed by atoms with Gasteiger partial charge in [-0.1, -0.05) is 12.1 Å². The Bertz CT molecular complexity index is 781. The van der Waals surface area contributed by atoms with Crippen molar-refractivity contribution in [3.8, 4) is 0 Å². The summed E-state index contributed by atoms with van der Waals surface area (Å²) in [6.45, 7) is 2.28. The Balaban J connectivity index is 1.53. The van der Waals surface area contributed by atoms with E-state index in [4.69, 9.17) is 4.42 Å². The topological polar surface area (TPSA) is 68.0 Å². The molecule has 1 aromatic carbocycles. The van der Waals surface area contributed by atoms with Crippen LogP contribution in [-0.2, 0) is 17.8 Å². The third-order valence-corrected chi connectivity index (χ3v) is 3.39. The summed E-state index contributed by atoms with van der Waals surface area (Å²) in [4.78, 5) is 20.4. The molecule has 0 aliphatic carbocycles. The van der Waals surface area contributed by atoms with Crippen LogP contribution in [-0.4, -0.2) is 15.9 Å². The van der Waals surface area contributed by atoms with E-state index in [9.17, 15) is 4.79 Å². The molecule has 0 saturated carbocycles. The minimum Gasteiger partial charge on any atom is -0.441 e. The highest BCUT2D eigenvalue weighted by Crippen LogP contribution is 2.17. The number of hydrogen-bond donors (Lipinski definition) is 1. The van der Waals surface area contributed by atoms with Gasteiger partial charge in [0.05, 0.1) is 12.2 Å². The second kappa shape index (κ2) is 6.39. The van der Waals surface area contributed by atoms with Crippen LogP contribution in [0.3, 0.4) is 0 Å². The summed E-state index contributed by atoms with van der Waals surface area (Å²) in [6.07, 6.45) is 2.84. The Morgan fingerprint density at radius 2 is 2.18 bits per heavy atom. The summed E-state index contributed by atoms with van der Waals surface area (Å²) in [5.41, 5.74) is 3.55. The second-order valence-corrected chi connectivity index (χ2v) is 5.13. The Morgan fingerprint density at radius 1 is 1.27 bits per heavy atom. The van der Waals surface area contributed by atoms with Crippen LogP contribution in [0.15, 0.2) is 47.0 Å². The van der Waals surface area contributed by atoms with E-state index in [-0.39, 0.29) is 5.91 Å². The summed E-state index contributed by atoms with van der Waals surface area (Å²) >= 11 is 0. The summed E-state index contributed by atoms with van der Waals surface area (Å²) in [7, 11) is 0. The van der Waals surface area contributed by atoms with Crippen molar-refractivity contribution in [1.82, 2.24) is 15.3 Å². The Morgan fingerprint density at radius 3 is 3.00 bits per heavy atom. The molecule has 0 bridgehead atoms. The standard InChI is InChI=1S/C17H17N3O2/c1-12-20-15-10-13(5-7-16(15)22-12)6-8-17(21)19-11-14-4-2-3-9-18-14/h2-5,7,9-10H,6,8,11H2,1H3,(H,19,21). The molecule has 3 aromatic rings. The quantitative estimate of drug-likeness (QED) is 0.786. The number of nitrogens with zero attached hydrogens (tertiary/aromatic N) is 2. The molecule has 0 aliphatic heterocycles. The van der Waals surface area contributed by atoms with Gasteiger partial charge in [0.15, 0.2) is 11.5 Å². The van der Waals surface area contributed by atoms with Gasteiger partial charge >= 0.3 is 0 Å². The third kappa shape index (κ3) is 3.49. The maximum atomic E-state index is 11.9. The average Bonchev–Trinajstić information content (AvgIpc) is 2.91. The highest BCUT2D eigenvalue weighted by molar-refractivity contribution is 5.77. The first kappa shape index (κ1) is 14.3. The number of hydrogen-bond acceptors (Lipinski definition) is 4. The van der Waals surface area contributed by atoms with Crippen LogP contribution in [0.4, 0.5) is 0 Å². The maximum Gasteiger partial charge on any atom is 0.220 e. The molecule has 0 atom stereocenters. The van der Waals surface area contributed by atoms with E-state index in [2.05, 4.69) is 15.3 Å². The molecule has 3 rings (SSSR count). The van der Waals surface area contributed by atoms with Crippen LogP contribution in [0.1, 0.15) is 23.6 Å². The predicted molar refractivity (Wildman–Crippen MR) is 83.2 cm³/mol. The molecular formula is C17H17N3O2. The summed E-state index contributed by atoms with van der Waals surface area (Å²) in [6, 6.07) is 11.5. The fourth-order valence-corrected chi connectivity index (χ4v) is 2.28. The predicted octanol–water partition coefficient (Wildman–Crippen LogP) is 2.78. The molecule has 112 valence electrons. The van der Waals surface area contributed by atoms with Crippen molar-refractivity contribution in [2.45, 2.75) is 26.3 Å². The van der Waals surface area contributed by atoms with Crippen molar-refractivity contribution >= 4 is 17.0 Å². The minimum atomic E-state index is 0.0158. The molecule has 5 nitrogen and oxygen atoms in total. The number of rotatable bonds is 5. The van der Waals surface area contributed by atoms with Crippen molar-refractivity contribution in [3.05, 3.63) is 59.7 Å². The first-order chi connectivity index (χ1) is 10.7. The lowest BCUT2D eigenvalue weighted by atomic mass is 10.1. The van der Waals surface area contributed by atoms with Crippen molar-refractivity contribution in [2.24, 2.45) is 0 Å². The average molecular weight is 295 g/mol. The third-order valence-electron chi connectivity index (χ3n) is 3.39. The Hall–Kier alpha value is -2.69. The van der Waals surface area contributed by atoms with Gasteiger partial charge < -0.3 is 9.73 Å². The Labute approximate surface area is 128 Å². The zero-order chi connectivity index (χ0) is 15.4. The van der Waals surface area contributed by atoms with E-state index >= 15 is 0 Å². The van der Waals surface area contributed by atoms with E-state index in [1.807, 2.05) is 43.3 Å². The van der Waals surface area contributed by atoms with Gasteiger partial charge in [-0.3, -0.25) is 9.78 Å². The highest BCUT2D eigenvalue weighted by atomic mass is 16.3. The van der Waals surface area contributed by atoms with Crippen molar-refractivity contribution < 1.29 is 9.21 Å². The smallest absolute Gasteiger partial charge is 0.220 e. The van der Waals surface area contributed by atoms with Gasteiger partial charge in [-0.25, -0.2) is 4.98 Å². The molecule has 2 aromatic heterocycles. The fourth-order valence-electron chi connectivity index (χ4n) is 2.28. The summed E-state index contributed by atoms with van der Waals surface area (Å²) < 4.78 is 5.44. The molecule has 0 aliphatic rings. The summed E-state index contributed by atoms with van der Waals surface area (Å²) in [5, 5.41) is 2.87. The number of pyridine rings is 1. The molecule has 1 N–H and O–H groups in total. The van der Waals surface area contributed by atoms with Crippen molar-refractivity contribution in [3.63, 3.8) is 0 Å². The lowest BCUT2D eigenvalue weighted by Gasteiger charge is -2.05. The van der Waals surface area contributed by atoms with Gasteiger partial charge in [0.25, 0.3) is 0 Å². The number of aromatic nitrogens is 2. The van der Waals surface area contributed by atoms with Crippen LogP contribution in [0, 0.1) is 6.92 Å². The molecule has 0 spiro atoms. The number of carbonyl (C=O) groups is 1. The van der Waals surface area contributed by atoms with Crippen LogP contribution in [0.2, 0.25) is 0 Å². The van der Waals surface area contributed by atoms with Crippen LogP contribution in [0.25, 0.3) is 11.1 Å². The first-order valence-corrected chi connectivity index (χ1v) is 7.23. The molecule has 0 unspecified atom stereocenters. The van der Waals surface area contributed by atoms with Crippen LogP contribution >= 0.6 is 0 Å². The monoisotopic (exact) mass is 295 g/mol. The highest BCUT2D eigenvalue weighted by Gasteiger charge is 2.06. The van der Waals surface area contributed by atoms with Gasteiger partial charge in [-0.15, -0.1) is 0 Å². The number of oxazole rings is 1. The lowest BCUT2D eigenvalue weighted by molar-refractivity contribution is -0.121. The van der Waals surface area contributed by atoms with Crippen LogP contribution < -0.4 is 5.32 Å². The zero-order valence-electron chi connectivity index (χ0n) is 12.4. The van der Waals surface area contributed by atoms with E-state index < -0.39 is 0 Å². The first-order valence-electron chi connectivity index (χ1n) is 7.23. The van der Waals surface area contributed by atoms with E-state index in [0.717, 1.165) is 22.4 Å². The second-order valence-electron chi connectivity index (χ2n) is 5.13. The molecule has 1 amide bonds. The van der Waals surface area contributed by atoms with Gasteiger partial charge in [-0.05, 0) is 36.2 Å². The molecule has 22 heavy (non-hydrogen) atoms. The van der Waals surface area contributed by atoms with Crippen molar-refractivity contribution in [2.75, 3.05) is 0 Å². The van der Waals surface area contributed by atoms with Gasteiger partial charge in [-0.2, -0.15) is 0 Å². The number of aryl methyl sites for hydroxylation is 2. The molecule has 5 heteroatoms. The fraction of sp³-hybridized carbons (Fsp3) is 0.235. The minimum absolute atomic E-state index is 0.0158. The number of nitrogens with one attached hydrogen (secondary N) is 1. The maximum absolute atomic E-state index is 11.9. The van der Waals surface area contributed by atoms with Gasteiger partial charge in [0.1, 0.15) is 5.52 Å². The number of fused-ring (bicyclic) bond motifs is 1. The normalized spacial score (nSPS) is 10.8. The lowest BCUT2D eigenvalue weighted by Crippen LogP contribution is -2.23. The molecule has 0 saturated heterocycles. The van der Waals surface area contributed by atoms with E-state index in [0.29, 0.717) is 25.3 Å². The Kier molecular flexibility index (Phi) is 4.14. The SMILES string of the molecule is Cc1nc2cc(CCC(=O)NCc3ccccn3)ccc2o1. The van der Waals surface area contributed by atoms with E-state index in [1.54, 1.807) is 6.20 Å². The molecule has 2 heterocycles. The molecule has 0 fully saturated rings. The van der Waals surface area contributed by atoms with Crippen LogP contribution in [0.5, 0.6) is 0 Å². The number of amides is 1. The molecular weight excluding hydrogens is 278 g/mol. The molecule has 0 radical (unpaired) electrons. The van der Waals surface area contributed by atoms with Gasteiger partial charge in [0, 0.05) is 19.5 Å². The zero-order valence-corrected chi connectivity index (χ0v) is 12.4. The summed E-state index contributed by atoms with van der Waals surface area (Å²) in [5.74, 6) is 0.669.